The third-order valence-corrected chi connectivity index (χ3v) is 5.07. The van der Waals surface area contributed by atoms with Crippen LogP contribution in [0.5, 0.6) is 0 Å². The Morgan fingerprint density at radius 2 is 2.17 bits per heavy atom. The number of hydrogen-bond acceptors (Lipinski definition) is 4. The van der Waals surface area contributed by atoms with Crippen LogP contribution in [-0.2, 0) is 11.3 Å². The summed E-state index contributed by atoms with van der Waals surface area (Å²) < 4.78 is 5.50. The van der Waals surface area contributed by atoms with Crippen molar-refractivity contribution in [2.24, 2.45) is 11.8 Å². The lowest BCUT2D eigenvalue weighted by molar-refractivity contribution is -0.128. The molecule has 2 bridgehead atoms. The maximum atomic E-state index is 12.5. The van der Waals surface area contributed by atoms with Crippen LogP contribution in [0.1, 0.15) is 25.0 Å². The number of rotatable bonds is 4. The van der Waals surface area contributed by atoms with Gasteiger partial charge in [-0.2, -0.15) is 0 Å². The van der Waals surface area contributed by atoms with E-state index in [4.69, 9.17) is 4.42 Å². The molecular formula is C18H21N3O2. The maximum Gasteiger partial charge on any atom is 0.225 e. The van der Waals surface area contributed by atoms with Gasteiger partial charge >= 0.3 is 0 Å². The molecule has 1 amide bonds. The molecule has 2 saturated heterocycles. The van der Waals surface area contributed by atoms with Crippen molar-refractivity contribution >= 4 is 5.91 Å². The number of nitrogens with zero attached hydrogens (tertiary/aromatic N) is 1. The number of aromatic nitrogens is 1. The van der Waals surface area contributed by atoms with Crippen LogP contribution >= 0.6 is 0 Å². The Bertz CT molecular complexity index is 675. The van der Waals surface area contributed by atoms with Gasteiger partial charge in [0.05, 0.1) is 12.5 Å². The number of oxazole rings is 1. The molecule has 5 rings (SSSR count). The highest BCUT2D eigenvalue weighted by Crippen LogP contribution is 2.33. The normalized spacial score (nSPS) is 26.2. The van der Waals surface area contributed by atoms with E-state index < -0.39 is 0 Å². The summed E-state index contributed by atoms with van der Waals surface area (Å²) >= 11 is 0. The molecule has 2 aliphatic heterocycles. The van der Waals surface area contributed by atoms with E-state index in [2.05, 4.69) is 15.6 Å². The van der Waals surface area contributed by atoms with E-state index in [1.807, 2.05) is 30.3 Å². The predicted octanol–water partition coefficient (Wildman–Crippen LogP) is 2.35. The van der Waals surface area contributed by atoms with Crippen LogP contribution in [-0.4, -0.2) is 23.5 Å². The average molecular weight is 311 g/mol. The fourth-order valence-corrected chi connectivity index (χ4v) is 3.82. The van der Waals surface area contributed by atoms with Crippen LogP contribution in [0.2, 0.25) is 0 Å². The van der Waals surface area contributed by atoms with Crippen molar-refractivity contribution in [3.05, 3.63) is 42.4 Å². The first-order chi connectivity index (χ1) is 11.3. The van der Waals surface area contributed by atoms with E-state index in [9.17, 15) is 4.79 Å². The first kappa shape index (κ1) is 14.5. The number of hydrogen-bond donors (Lipinski definition) is 2. The Labute approximate surface area is 135 Å². The van der Waals surface area contributed by atoms with E-state index in [1.54, 1.807) is 0 Å². The van der Waals surface area contributed by atoms with Gasteiger partial charge in [-0.15, -0.1) is 0 Å². The summed E-state index contributed by atoms with van der Waals surface area (Å²) in [5, 5.41) is 6.53. The summed E-state index contributed by atoms with van der Waals surface area (Å²) in [5.74, 6) is 1.61. The Kier molecular flexibility index (Phi) is 3.87. The molecule has 23 heavy (non-hydrogen) atoms. The Morgan fingerprint density at radius 1 is 1.30 bits per heavy atom. The molecule has 0 radical (unpaired) electrons. The lowest BCUT2D eigenvalue weighted by Crippen LogP contribution is -2.54. The molecule has 3 atom stereocenters. The van der Waals surface area contributed by atoms with Crippen molar-refractivity contribution < 1.29 is 9.21 Å². The summed E-state index contributed by atoms with van der Waals surface area (Å²) in [6.07, 6.45) is 4.81. The molecule has 3 fully saturated rings. The first-order valence-electron chi connectivity index (χ1n) is 8.30. The fourth-order valence-electron chi connectivity index (χ4n) is 3.82. The largest absolute Gasteiger partial charge is 0.443 e. The predicted molar refractivity (Wildman–Crippen MR) is 86.4 cm³/mol. The van der Waals surface area contributed by atoms with Gasteiger partial charge in [0.1, 0.15) is 5.69 Å². The molecule has 2 N–H and O–H groups in total. The lowest BCUT2D eigenvalue weighted by atomic mass is 9.73. The Balaban J connectivity index is 1.42. The first-order valence-corrected chi connectivity index (χ1v) is 8.30. The van der Waals surface area contributed by atoms with Crippen LogP contribution in [0.3, 0.4) is 0 Å². The average Bonchev–Trinajstić information content (AvgIpc) is 3.10. The van der Waals surface area contributed by atoms with Crippen LogP contribution < -0.4 is 10.6 Å². The number of fused-ring (bicyclic) bond motifs is 3. The molecule has 1 saturated carbocycles. The lowest BCUT2D eigenvalue weighted by Gasteiger charge is -2.42. The second-order valence-electron chi connectivity index (χ2n) is 6.51. The molecule has 3 aliphatic rings. The number of nitrogens with one attached hydrogen (secondary N) is 2. The van der Waals surface area contributed by atoms with E-state index in [0.29, 0.717) is 18.5 Å². The molecule has 1 aromatic carbocycles. The van der Waals surface area contributed by atoms with Gasteiger partial charge in [0.15, 0.2) is 12.2 Å². The second kappa shape index (κ2) is 6.16. The molecule has 3 unspecified atom stereocenters. The van der Waals surface area contributed by atoms with E-state index in [1.165, 1.54) is 12.8 Å². The smallest absolute Gasteiger partial charge is 0.225 e. The van der Waals surface area contributed by atoms with Crippen molar-refractivity contribution in [1.29, 1.82) is 0 Å². The molecule has 3 heterocycles. The Hall–Kier alpha value is -2.14. The fraction of sp³-hybridized carbons (Fsp3) is 0.444. The topological polar surface area (TPSA) is 67.2 Å². The summed E-state index contributed by atoms with van der Waals surface area (Å²) in [6.45, 7) is 1.48. The second-order valence-corrected chi connectivity index (χ2v) is 6.51. The molecule has 2 aromatic rings. The third-order valence-electron chi connectivity index (χ3n) is 5.07. The summed E-state index contributed by atoms with van der Waals surface area (Å²) in [7, 11) is 0. The van der Waals surface area contributed by atoms with E-state index >= 15 is 0 Å². The van der Waals surface area contributed by atoms with Gasteiger partial charge in [-0.3, -0.25) is 4.79 Å². The minimum absolute atomic E-state index is 0.0922. The number of benzene rings is 1. The highest BCUT2D eigenvalue weighted by molar-refractivity contribution is 5.79. The SMILES string of the molecule is O=C(NCc1ncoc1-c1ccccc1)C1CC2CCC1NC2. The van der Waals surface area contributed by atoms with Gasteiger partial charge in [0.2, 0.25) is 5.91 Å². The summed E-state index contributed by atoms with van der Waals surface area (Å²) in [5.41, 5.74) is 1.76. The van der Waals surface area contributed by atoms with E-state index in [-0.39, 0.29) is 11.8 Å². The van der Waals surface area contributed by atoms with Crippen molar-refractivity contribution in [2.45, 2.75) is 31.8 Å². The standard InChI is InChI=1S/C18H21N3O2/c22-18(14-8-12-6-7-15(14)19-9-12)20-10-16-17(23-11-21-16)13-4-2-1-3-5-13/h1-5,11-12,14-15,19H,6-10H2,(H,20,22). The Morgan fingerprint density at radius 3 is 2.87 bits per heavy atom. The van der Waals surface area contributed by atoms with Gasteiger partial charge in [0, 0.05) is 11.6 Å². The highest BCUT2D eigenvalue weighted by Gasteiger charge is 2.39. The summed E-state index contributed by atoms with van der Waals surface area (Å²) in [4.78, 5) is 16.8. The zero-order valence-electron chi connectivity index (χ0n) is 13.0. The third kappa shape index (κ3) is 2.88. The molecule has 1 aromatic heterocycles. The zero-order valence-corrected chi connectivity index (χ0v) is 13.0. The van der Waals surface area contributed by atoms with Crippen LogP contribution in [0.4, 0.5) is 0 Å². The molecule has 5 heteroatoms. The van der Waals surface area contributed by atoms with Crippen LogP contribution in [0.15, 0.2) is 41.1 Å². The van der Waals surface area contributed by atoms with Crippen LogP contribution in [0, 0.1) is 11.8 Å². The number of carbonyl (C=O) groups excluding carboxylic acids is 1. The monoisotopic (exact) mass is 311 g/mol. The van der Waals surface area contributed by atoms with Crippen molar-refractivity contribution in [2.75, 3.05) is 6.54 Å². The zero-order chi connectivity index (χ0) is 15.6. The van der Waals surface area contributed by atoms with Crippen molar-refractivity contribution in [3.8, 4) is 11.3 Å². The summed E-state index contributed by atoms with van der Waals surface area (Å²) in [6, 6.07) is 10.2. The maximum absolute atomic E-state index is 12.5. The minimum atomic E-state index is 0.0922. The molecular weight excluding hydrogens is 290 g/mol. The van der Waals surface area contributed by atoms with Crippen LogP contribution in [0.25, 0.3) is 11.3 Å². The minimum Gasteiger partial charge on any atom is -0.443 e. The molecule has 5 nitrogen and oxygen atoms in total. The van der Waals surface area contributed by atoms with Gasteiger partial charge in [-0.1, -0.05) is 30.3 Å². The quantitative estimate of drug-likeness (QED) is 0.909. The van der Waals surface area contributed by atoms with Crippen molar-refractivity contribution in [1.82, 2.24) is 15.6 Å². The van der Waals surface area contributed by atoms with Crippen molar-refractivity contribution in [3.63, 3.8) is 0 Å². The molecule has 1 aliphatic carbocycles. The number of carbonyl (C=O) groups is 1. The van der Waals surface area contributed by atoms with Gasteiger partial charge < -0.3 is 15.1 Å². The number of piperidine rings is 2. The van der Waals surface area contributed by atoms with Gasteiger partial charge in [-0.25, -0.2) is 4.98 Å². The van der Waals surface area contributed by atoms with Gasteiger partial charge in [-0.05, 0) is 31.7 Å². The van der Waals surface area contributed by atoms with Gasteiger partial charge in [0.25, 0.3) is 0 Å². The number of amides is 1. The van der Waals surface area contributed by atoms with E-state index in [0.717, 1.165) is 36.4 Å². The highest BCUT2D eigenvalue weighted by atomic mass is 16.3. The molecule has 0 spiro atoms. The molecule has 120 valence electrons.